The van der Waals surface area contributed by atoms with E-state index in [-0.39, 0.29) is 5.82 Å². The van der Waals surface area contributed by atoms with E-state index < -0.39 is 31.1 Å². The quantitative estimate of drug-likeness (QED) is 0.889. The zero-order chi connectivity index (χ0) is 19.2. The van der Waals surface area contributed by atoms with Gasteiger partial charge in [0.25, 0.3) is 0 Å². The van der Waals surface area contributed by atoms with Crippen LogP contribution in [0.1, 0.15) is 13.8 Å². The SMILES string of the molecule is CC.N#CCn1nc(-c2ccc(Cl)cc2)n(CC(O)C(F)(F)F)c1=O. The largest absolute Gasteiger partial charge is 0.416 e. The number of hydrogen-bond acceptors (Lipinski definition) is 4. The second-order valence-electron chi connectivity index (χ2n) is 4.60. The minimum Gasteiger partial charge on any atom is -0.382 e. The molecule has 0 amide bonds. The van der Waals surface area contributed by atoms with Crippen LogP contribution >= 0.6 is 11.6 Å². The Balaban J connectivity index is 0.00000151. The van der Waals surface area contributed by atoms with Gasteiger partial charge in [-0.05, 0) is 24.3 Å². The van der Waals surface area contributed by atoms with Crippen LogP contribution in [0.3, 0.4) is 0 Å². The Bertz CT molecular complexity index is 791. The summed E-state index contributed by atoms with van der Waals surface area (Å²) in [6.45, 7) is 2.56. The highest BCUT2D eigenvalue weighted by Gasteiger charge is 2.39. The molecule has 0 saturated heterocycles. The van der Waals surface area contributed by atoms with Crippen LogP contribution < -0.4 is 5.69 Å². The molecule has 2 aromatic rings. The number of rotatable bonds is 4. The van der Waals surface area contributed by atoms with Crippen LogP contribution in [0.15, 0.2) is 29.1 Å². The molecule has 0 saturated carbocycles. The molecule has 1 atom stereocenters. The lowest BCUT2D eigenvalue weighted by Crippen LogP contribution is -2.37. The number of halogens is 4. The van der Waals surface area contributed by atoms with Gasteiger partial charge in [0.15, 0.2) is 11.9 Å². The summed E-state index contributed by atoms with van der Waals surface area (Å²) in [6, 6.07) is 7.59. The normalized spacial score (nSPS) is 12.1. The molecule has 10 heteroatoms. The molecule has 1 aromatic heterocycles. The number of aromatic nitrogens is 3. The predicted octanol–water partition coefficient (Wildman–Crippen LogP) is 2.84. The fraction of sp³-hybridized carbons (Fsp3) is 0.400. The van der Waals surface area contributed by atoms with Crippen LogP contribution in [0.25, 0.3) is 11.4 Å². The first-order chi connectivity index (χ1) is 11.7. The first-order valence-electron chi connectivity index (χ1n) is 7.29. The van der Waals surface area contributed by atoms with Gasteiger partial charge in [-0.2, -0.15) is 23.1 Å². The van der Waals surface area contributed by atoms with Crippen molar-refractivity contribution in [1.29, 1.82) is 5.26 Å². The third-order valence-electron chi connectivity index (χ3n) is 2.98. The maximum atomic E-state index is 12.5. The second kappa shape index (κ2) is 8.69. The molecule has 0 bridgehead atoms. The van der Waals surface area contributed by atoms with Crippen molar-refractivity contribution in [2.75, 3.05) is 0 Å². The Labute approximate surface area is 146 Å². The zero-order valence-electron chi connectivity index (χ0n) is 13.5. The molecule has 2 rings (SSSR count). The highest BCUT2D eigenvalue weighted by atomic mass is 35.5. The lowest BCUT2D eigenvalue weighted by Gasteiger charge is -2.15. The van der Waals surface area contributed by atoms with Gasteiger partial charge in [0, 0.05) is 10.6 Å². The van der Waals surface area contributed by atoms with Gasteiger partial charge < -0.3 is 5.11 Å². The molecule has 136 valence electrons. The van der Waals surface area contributed by atoms with Crippen LogP contribution in [-0.2, 0) is 13.1 Å². The van der Waals surface area contributed by atoms with Crippen molar-refractivity contribution in [3.05, 3.63) is 39.8 Å². The standard InChI is InChI=1S/C13H10ClF3N4O2.C2H6/c14-9-3-1-8(2-4-9)11-19-21(6-5-18)12(23)20(11)7-10(22)13(15,16)17;1-2/h1-4,10,22H,6-7H2;1-2H3. The van der Waals surface area contributed by atoms with Gasteiger partial charge in [-0.15, -0.1) is 5.10 Å². The van der Waals surface area contributed by atoms with Gasteiger partial charge in [0.05, 0.1) is 12.6 Å². The lowest BCUT2D eigenvalue weighted by atomic mass is 10.2. The number of benzene rings is 1. The highest BCUT2D eigenvalue weighted by molar-refractivity contribution is 6.30. The predicted molar refractivity (Wildman–Crippen MR) is 86.0 cm³/mol. The van der Waals surface area contributed by atoms with E-state index in [1.165, 1.54) is 24.3 Å². The van der Waals surface area contributed by atoms with Crippen LogP contribution in [-0.4, -0.2) is 31.7 Å². The molecule has 0 aliphatic carbocycles. The van der Waals surface area contributed by atoms with Gasteiger partial charge in [0.2, 0.25) is 0 Å². The average Bonchev–Trinajstić information content (AvgIpc) is 2.86. The van der Waals surface area contributed by atoms with E-state index in [1.807, 2.05) is 13.8 Å². The summed E-state index contributed by atoms with van der Waals surface area (Å²) >= 11 is 5.74. The van der Waals surface area contributed by atoms with Crippen molar-refractivity contribution in [2.24, 2.45) is 0 Å². The summed E-state index contributed by atoms with van der Waals surface area (Å²) in [7, 11) is 0. The van der Waals surface area contributed by atoms with Crippen molar-refractivity contribution >= 4 is 11.6 Å². The summed E-state index contributed by atoms with van der Waals surface area (Å²) in [5.74, 6) is -0.0924. The van der Waals surface area contributed by atoms with E-state index in [0.717, 1.165) is 4.68 Å². The van der Waals surface area contributed by atoms with Crippen molar-refractivity contribution in [3.63, 3.8) is 0 Å². The number of nitriles is 1. The summed E-state index contributed by atoms with van der Waals surface area (Å²) in [5.41, 5.74) is -0.586. The number of hydrogen-bond donors (Lipinski definition) is 1. The lowest BCUT2D eigenvalue weighted by molar-refractivity contribution is -0.207. The van der Waals surface area contributed by atoms with Crippen LogP contribution in [0.4, 0.5) is 13.2 Å². The van der Waals surface area contributed by atoms with E-state index in [9.17, 15) is 23.1 Å². The molecule has 0 fully saturated rings. The fourth-order valence-corrected chi connectivity index (χ4v) is 1.99. The van der Waals surface area contributed by atoms with Gasteiger partial charge in [-0.25, -0.2) is 4.79 Å². The van der Waals surface area contributed by atoms with Gasteiger partial charge in [0.1, 0.15) is 6.54 Å². The first kappa shape index (κ1) is 20.7. The molecule has 0 aliphatic heterocycles. The molecule has 1 unspecified atom stereocenters. The molecule has 1 aromatic carbocycles. The minimum absolute atomic E-state index is 0.0924. The Morgan fingerprint density at radius 2 is 1.88 bits per heavy atom. The highest BCUT2D eigenvalue weighted by Crippen LogP contribution is 2.23. The average molecular weight is 377 g/mol. The van der Waals surface area contributed by atoms with Crippen LogP contribution in [0, 0.1) is 11.3 Å². The van der Waals surface area contributed by atoms with Crippen molar-refractivity contribution in [3.8, 4) is 17.5 Å². The van der Waals surface area contributed by atoms with Crippen molar-refractivity contribution < 1.29 is 18.3 Å². The van der Waals surface area contributed by atoms with Crippen molar-refractivity contribution in [2.45, 2.75) is 39.2 Å². The number of nitrogens with zero attached hydrogens (tertiary/aromatic N) is 4. The smallest absolute Gasteiger partial charge is 0.382 e. The molecule has 0 spiro atoms. The van der Waals surface area contributed by atoms with E-state index in [1.54, 1.807) is 6.07 Å². The van der Waals surface area contributed by atoms with E-state index in [2.05, 4.69) is 5.10 Å². The topological polar surface area (TPSA) is 83.8 Å². The molecule has 6 nitrogen and oxygen atoms in total. The van der Waals surface area contributed by atoms with E-state index in [0.29, 0.717) is 15.2 Å². The van der Waals surface area contributed by atoms with Crippen molar-refractivity contribution in [1.82, 2.24) is 14.3 Å². The maximum Gasteiger partial charge on any atom is 0.416 e. The monoisotopic (exact) mass is 376 g/mol. The molecular weight excluding hydrogens is 361 g/mol. The summed E-state index contributed by atoms with van der Waals surface area (Å²) in [6.07, 6.45) is -7.61. The van der Waals surface area contributed by atoms with Gasteiger partial charge in [-0.1, -0.05) is 25.4 Å². The first-order valence-corrected chi connectivity index (χ1v) is 7.67. The molecule has 0 radical (unpaired) electrons. The molecule has 1 N–H and O–H groups in total. The number of aliphatic hydroxyl groups excluding tert-OH is 1. The second-order valence-corrected chi connectivity index (χ2v) is 5.03. The Kier molecular flexibility index (Phi) is 7.21. The third-order valence-corrected chi connectivity index (χ3v) is 3.23. The van der Waals surface area contributed by atoms with Gasteiger partial charge >= 0.3 is 11.9 Å². The summed E-state index contributed by atoms with van der Waals surface area (Å²) in [5, 5.41) is 22.1. The summed E-state index contributed by atoms with van der Waals surface area (Å²) in [4.78, 5) is 12.1. The molecule has 25 heavy (non-hydrogen) atoms. The van der Waals surface area contributed by atoms with Crippen LogP contribution in [0.2, 0.25) is 5.02 Å². The molecular formula is C15H16ClF3N4O2. The van der Waals surface area contributed by atoms with Gasteiger partial charge in [-0.3, -0.25) is 4.57 Å². The van der Waals surface area contributed by atoms with Crippen LogP contribution in [0.5, 0.6) is 0 Å². The fourth-order valence-electron chi connectivity index (χ4n) is 1.86. The number of aliphatic hydroxyl groups is 1. The molecule has 0 aliphatic rings. The number of alkyl halides is 3. The Morgan fingerprint density at radius 1 is 1.32 bits per heavy atom. The zero-order valence-corrected chi connectivity index (χ0v) is 14.2. The van der Waals surface area contributed by atoms with E-state index in [4.69, 9.17) is 16.9 Å². The third kappa shape index (κ3) is 5.08. The minimum atomic E-state index is -4.88. The molecule has 1 heterocycles. The van der Waals surface area contributed by atoms with E-state index >= 15 is 0 Å². The maximum absolute atomic E-state index is 12.5. The Morgan fingerprint density at radius 3 is 2.36 bits per heavy atom. The summed E-state index contributed by atoms with van der Waals surface area (Å²) < 4.78 is 39.0. The Hall–Kier alpha value is -2.31.